The Morgan fingerprint density at radius 1 is 1.17 bits per heavy atom. The highest BCUT2D eigenvalue weighted by Crippen LogP contribution is 2.44. The molecule has 0 atom stereocenters. The second-order valence-corrected chi connectivity index (χ2v) is 8.67. The van der Waals surface area contributed by atoms with Crippen LogP contribution in [0.5, 0.6) is 11.6 Å². The van der Waals surface area contributed by atoms with Crippen molar-refractivity contribution < 1.29 is 14.6 Å². The SMILES string of the molecule is COc1nc(/C(=C\C2CCCC2)c2ccc(OCCCO)c(Cl)c2)ccc1C1CC1. The molecule has 2 aliphatic rings. The quantitative estimate of drug-likeness (QED) is 0.498. The molecule has 0 bridgehead atoms. The van der Waals surface area contributed by atoms with Gasteiger partial charge in [0.05, 0.1) is 24.4 Å². The fraction of sp³-hybridized carbons (Fsp3) is 0.480. The number of halogens is 1. The first-order valence-corrected chi connectivity index (χ1v) is 11.4. The molecule has 0 spiro atoms. The zero-order chi connectivity index (χ0) is 20.9. The molecule has 160 valence electrons. The largest absolute Gasteiger partial charge is 0.492 e. The Morgan fingerprint density at radius 2 is 1.97 bits per heavy atom. The van der Waals surface area contributed by atoms with Crippen molar-refractivity contribution in [2.45, 2.75) is 50.9 Å². The van der Waals surface area contributed by atoms with Gasteiger partial charge >= 0.3 is 0 Å². The second-order valence-electron chi connectivity index (χ2n) is 8.26. The average molecular weight is 428 g/mol. The predicted molar refractivity (Wildman–Crippen MR) is 120 cm³/mol. The maximum absolute atomic E-state index is 8.95. The van der Waals surface area contributed by atoms with Crippen LogP contribution < -0.4 is 9.47 Å². The summed E-state index contributed by atoms with van der Waals surface area (Å²) in [5.74, 6) is 2.54. The van der Waals surface area contributed by atoms with E-state index in [1.165, 1.54) is 44.1 Å². The van der Waals surface area contributed by atoms with Crippen molar-refractivity contribution in [3.63, 3.8) is 0 Å². The monoisotopic (exact) mass is 427 g/mol. The van der Waals surface area contributed by atoms with E-state index in [1.54, 1.807) is 7.11 Å². The molecule has 4 rings (SSSR count). The zero-order valence-corrected chi connectivity index (χ0v) is 18.3. The van der Waals surface area contributed by atoms with Crippen LogP contribution in [0.25, 0.3) is 5.57 Å². The summed E-state index contributed by atoms with van der Waals surface area (Å²) in [4.78, 5) is 4.89. The van der Waals surface area contributed by atoms with Gasteiger partial charge in [0.2, 0.25) is 5.88 Å². The lowest BCUT2D eigenvalue weighted by Crippen LogP contribution is -2.02. The van der Waals surface area contributed by atoms with Crippen LogP contribution in [0.4, 0.5) is 0 Å². The first-order chi connectivity index (χ1) is 14.7. The number of aliphatic hydroxyl groups excluding tert-OH is 1. The summed E-state index contributed by atoms with van der Waals surface area (Å²) in [5, 5.41) is 9.53. The Morgan fingerprint density at radius 3 is 2.63 bits per heavy atom. The molecule has 0 aliphatic heterocycles. The fourth-order valence-electron chi connectivity index (χ4n) is 4.19. The molecule has 0 radical (unpaired) electrons. The van der Waals surface area contributed by atoms with Crippen LogP contribution in [0.2, 0.25) is 5.02 Å². The van der Waals surface area contributed by atoms with Gasteiger partial charge in [0.1, 0.15) is 5.75 Å². The number of rotatable bonds is 9. The maximum atomic E-state index is 8.95. The minimum Gasteiger partial charge on any atom is -0.492 e. The maximum Gasteiger partial charge on any atom is 0.217 e. The molecule has 0 unspecified atom stereocenters. The molecule has 0 amide bonds. The highest BCUT2D eigenvalue weighted by atomic mass is 35.5. The van der Waals surface area contributed by atoms with Crippen molar-refractivity contribution in [1.29, 1.82) is 0 Å². The van der Waals surface area contributed by atoms with E-state index in [-0.39, 0.29) is 6.61 Å². The number of aliphatic hydroxyl groups is 1. The van der Waals surface area contributed by atoms with Gasteiger partial charge in [-0.05, 0) is 61.3 Å². The Kier molecular flexibility index (Phi) is 6.96. The Hall–Kier alpha value is -2.04. The van der Waals surface area contributed by atoms with E-state index in [1.807, 2.05) is 18.2 Å². The smallest absolute Gasteiger partial charge is 0.217 e. The van der Waals surface area contributed by atoms with Crippen molar-refractivity contribution in [3.8, 4) is 11.6 Å². The average Bonchev–Trinajstić information content (AvgIpc) is 3.48. The van der Waals surface area contributed by atoms with Crippen molar-refractivity contribution in [2.24, 2.45) is 5.92 Å². The van der Waals surface area contributed by atoms with E-state index in [9.17, 15) is 0 Å². The van der Waals surface area contributed by atoms with E-state index < -0.39 is 0 Å². The highest BCUT2D eigenvalue weighted by Gasteiger charge is 2.28. The molecule has 1 heterocycles. The number of pyridine rings is 1. The molecule has 1 aromatic carbocycles. The van der Waals surface area contributed by atoms with Crippen molar-refractivity contribution >= 4 is 17.2 Å². The molecule has 1 N–H and O–H groups in total. The van der Waals surface area contributed by atoms with Crippen molar-refractivity contribution in [1.82, 2.24) is 4.98 Å². The number of ether oxygens (including phenoxy) is 2. The standard InChI is InChI=1S/C25H30ClNO3/c1-29-25-20(18-7-8-18)10-11-23(27-25)21(15-17-5-2-3-6-17)19-9-12-24(22(26)16-19)30-14-4-13-28/h9-12,15-18,28H,2-8,13-14H2,1H3/b21-15-. The molecule has 5 heteroatoms. The van der Waals surface area contributed by atoms with Crippen LogP contribution in [0, 0.1) is 5.92 Å². The minimum atomic E-state index is 0.105. The lowest BCUT2D eigenvalue weighted by atomic mass is 9.95. The molecular formula is C25H30ClNO3. The summed E-state index contributed by atoms with van der Waals surface area (Å²) in [6, 6.07) is 10.2. The molecule has 1 aromatic heterocycles. The molecule has 2 fully saturated rings. The molecule has 30 heavy (non-hydrogen) atoms. The summed E-state index contributed by atoms with van der Waals surface area (Å²) in [5.41, 5.74) is 4.28. The van der Waals surface area contributed by atoms with Crippen LogP contribution in [0.15, 0.2) is 36.4 Å². The first-order valence-electron chi connectivity index (χ1n) is 11.0. The van der Waals surface area contributed by atoms with Crippen LogP contribution in [0.1, 0.15) is 67.7 Å². The number of nitrogens with zero attached hydrogens (tertiary/aromatic N) is 1. The molecule has 4 nitrogen and oxygen atoms in total. The van der Waals surface area contributed by atoms with Gasteiger partial charge < -0.3 is 14.6 Å². The van der Waals surface area contributed by atoms with Gasteiger partial charge in [0, 0.05) is 24.2 Å². The zero-order valence-electron chi connectivity index (χ0n) is 17.6. The van der Waals surface area contributed by atoms with Crippen LogP contribution in [-0.2, 0) is 0 Å². The number of hydrogen-bond acceptors (Lipinski definition) is 4. The number of methoxy groups -OCH3 is 1. The predicted octanol–water partition coefficient (Wildman–Crippen LogP) is 6.00. The van der Waals surface area contributed by atoms with E-state index in [2.05, 4.69) is 18.2 Å². The molecule has 2 aliphatic carbocycles. The molecular weight excluding hydrogens is 398 g/mol. The summed E-state index contributed by atoms with van der Waals surface area (Å²) in [7, 11) is 1.70. The molecule has 0 saturated heterocycles. The third-order valence-electron chi connectivity index (χ3n) is 5.98. The second kappa shape index (κ2) is 9.84. The topological polar surface area (TPSA) is 51.6 Å². The van der Waals surface area contributed by atoms with E-state index in [4.69, 9.17) is 31.2 Å². The third-order valence-corrected chi connectivity index (χ3v) is 6.28. The third kappa shape index (κ3) is 4.98. The van der Waals surface area contributed by atoms with E-state index >= 15 is 0 Å². The van der Waals surface area contributed by atoms with E-state index in [0.717, 1.165) is 22.7 Å². The number of hydrogen-bond donors (Lipinski definition) is 1. The van der Waals surface area contributed by atoms with Gasteiger partial charge in [0.25, 0.3) is 0 Å². The van der Waals surface area contributed by atoms with Crippen LogP contribution >= 0.6 is 11.6 Å². The summed E-state index contributed by atoms with van der Waals surface area (Å²) in [6.07, 6.45) is 10.4. The number of allylic oxidation sites excluding steroid dienone is 1. The highest BCUT2D eigenvalue weighted by molar-refractivity contribution is 6.32. The summed E-state index contributed by atoms with van der Waals surface area (Å²) >= 11 is 6.53. The normalized spacial score (nSPS) is 17.4. The number of aromatic nitrogens is 1. The fourth-order valence-corrected chi connectivity index (χ4v) is 4.43. The van der Waals surface area contributed by atoms with Gasteiger partial charge in [0.15, 0.2) is 0 Å². The van der Waals surface area contributed by atoms with Crippen LogP contribution in [0.3, 0.4) is 0 Å². The Bertz CT molecular complexity index is 901. The lowest BCUT2D eigenvalue weighted by molar-refractivity contribution is 0.233. The van der Waals surface area contributed by atoms with Crippen LogP contribution in [-0.4, -0.2) is 30.4 Å². The Balaban J connectivity index is 1.68. The van der Waals surface area contributed by atoms with Gasteiger partial charge in [-0.3, -0.25) is 0 Å². The summed E-state index contributed by atoms with van der Waals surface area (Å²) < 4.78 is 11.3. The molecule has 2 saturated carbocycles. The lowest BCUT2D eigenvalue weighted by Gasteiger charge is -2.15. The van der Waals surface area contributed by atoms with Gasteiger partial charge in [-0.1, -0.05) is 42.7 Å². The van der Waals surface area contributed by atoms with Gasteiger partial charge in [-0.2, -0.15) is 0 Å². The molecule has 2 aromatic rings. The summed E-state index contributed by atoms with van der Waals surface area (Å²) in [6.45, 7) is 0.552. The number of benzene rings is 1. The van der Waals surface area contributed by atoms with Gasteiger partial charge in [-0.25, -0.2) is 4.98 Å². The van der Waals surface area contributed by atoms with Crippen molar-refractivity contribution in [3.05, 3.63) is 58.3 Å². The van der Waals surface area contributed by atoms with Gasteiger partial charge in [-0.15, -0.1) is 0 Å². The Labute approximate surface area is 183 Å². The van der Waals surface area contributed by atoms with Crippen molar-refractivity contribution in [2.75, 3.05) is 20.3 Å². The minimum absolute atomic E-state index is 0.105. The first kappa shape index (κ1) is 21.2. The van der Waals surface area contributed by atoms with E-state index in [0.29, 0.717) is 35.6 Å².